The molecular weight excluding hydrogens is 522 g/mol. The summed E-state index contributed by atoms with van der Waals surface area (Å²) in [7, 11) is 0. The Morgan fingerprint density at radius 1 is 0.976 bits per heavy atom. The van der Waals surface area contributed by atoms with Crippen molar-refractivity contribution < 1.29 is 29.0 Å². The van der Waals surface area contributed by atoms with E-state index < -0.39 is 23.5 Å². The molecule has 0 unspecified atom stereocenters. The number of fused-ring (bicyclic) bond motifs is 5. The number of carbonyl (C=O) groups is 3. The minimum atomic E-state index is -0.685. The number of aryl methyl sites for hydroxylation is 1. The first kappa shape index (κ1) is 29.3. The Hall–Kier alpha value is -3.23. The number of esters is 1. The molecule has 0 radical (unpaired) electrons. The maximum absolute atomic E-state index is 14.0. The molecule has 2 fully saturated rings. The fourth-order valence-electron chi connectivity index (χ4n) is 6.74. The summed E-state index contributed by atoms with van der Waals surface area (Å²) in [4.78, 5) is 50.7. The van der Waals surface area contributed by atoms with Gasteiger partial charge in [-0.15, -0.1) is 0 Å². The Labute approximate surface area is 242 Å². The lowest BCUT2D eigenvalue weighted by Gasteiger charge is -2.34. The van der Waals surface area contributed by atoms with Gasteiger partial charge in [-0.25, -0.2) is 9.97 Å². The lowest BCUT2D eigenvalue weighted by molar-refractivity contribution is -0.157. The van der Waals surface area contributed by atoms with E-state index in [1.807, 2.05) is 27.7 Å². The fourth-order valence-corrected chi connectivity index (χ4v) is 6.74. The summed E-state index contributed by atoms with van der Waals surface area (Å²) in [6.07, 6.45) is 7.78. The van der Waals surface area contributed by atoms with Gasteiger partial charge in [0.25, 0.3) is 0 Å². The third-order valence-electron chi connectivity index (χ3n) is 9.31. The maximum Gasteiger partial charge on any atom is 0.306 e. The smallest absolute Gasteiger partial charge is 0.306 e. The van der Waals surface area contributed by atoms with Gasteiger partial charge in [-0.3, -0.25) is 9.59 Å². The highest BCUT2D eigenvalue weighted by molar-refractivity contribution is 5.87. The highest BCUT2D eigenvalue weighted by atomic mass is 16.5. The summed E-state index contributed by atoms with van der Waals surface area (Å²) in [5.41, 5.74) is 1.43. The Morgan fingerprint density at radius 3 is 2.51 bits per heavy atom. The van der Waals surface area contributed by atoms with Gasteiger partial charge < -0.3 is 24.3 Å². The number of aromatic hydroxyl groups is 1. The van der Waals surface area contributed by atoms with Gasteiger partial charge >= 0.3 is 5.97 Å². The molecule has 6 atom stereocenters. The first-order valence-corrected chi connectivity index (χ1v) is 15.2. The summed E-state index contributed by atoms with van der Waals surface area (Å²) in [5, 5.41) is 10.0. The van der Waals surface area contributed by atoms with Crippen molar-refractivity contribution in [1.29, 1.82) is 0 Å². The SMILES string of the molecule is C[C@@H]1[C@@H]2CN(C(=O)[C@H](C(C)(C)C)CC(=O)O[C@@H]3CCC[C@H]3CCCCCc3nc4ccc(O)cc4nc3O2)[C@@H]1C=O. The monoisotopic (exact) mass is 565 g/mol. The number of ether oxygens (including phenoxy) is 2. The molecule has 9 nitrogen and oxygen atoms in total. The number of hydrogen-bond acceptors (Lipinski definition) is 8. The molecule has 5 rings (SSSR count). The van der Waals surface area contributed by atoms with Crippen LogP contribution >= 0.6 is 0 Å². The molecular formula is C32H43N3O6. The van der Waals surface area contributed by atoms with Gasteiger partial charge in [-0.2, -0.15) is 0 Å². The number of amides is 1. The van der Waals surface area contributed by atoms with E-state index in [0.29, 0.717) is 29.3 Å². The Morgan fingerprint density at radius 2 is 1.76 bits per heavy atom. The lowest BCUT2D eigenvalue weighted by atomic mass is 9.77. The molecule has 3 aliphatic rings. The number of rotatable bonds is 1. The van der Waals surface area contributed by atoms with Gasteiger partial charge in [0.1, 0.15) is 29.9 Å². The predicted octanol–water partition coefficient (Wildman–Crippen LogP) is 5.01. The second kappa shape index (κ2) is 11.9. The molecule has 1 aromatic heterocycles. The van der Waals surface area contributed by atoms with Gasteiger partial charge in [0.15, 0.2) is 0 Å². The van der Waals surface area contributed by atoms with Crippen LogP contribution in [0.2, 0.25) is 0 Å². The molecule has 1 aliphatic carbocycles. The van der Waals surface area contributed by atoms with E-state index in [2.05, 4.69) is 0 Å². The second-order valence-electron chi connectivity index (χ2n) is 13.2. The van der Waals surface area contributed by atoms with Crippen LogP contribution in [0.5, 0.6) is 11.6 Å². The Balaban J connectivity index is 1.50. The fraction of sp³-hybridized carbons (Fsp3) is 0.656. The molecule has 2 aromatic rings. The molecule has 41 heavy (non-hydrogen) atoms. The van der Waals surface area contributed by atoms with Crippen LogP contribution in [-0.4, -0.2) is 62.9 Å². The predicted molar refractivity (Wildman–Crippen MR) is 153 cm³/mol. The normalized spacial score (nSPS) is 30.1. The molecule has 222 valence electrons. The second-order valence-corrected chi connectivity index (χ2v) is 13.2. The average Bonchev–Trinajstić information content (AvgIpc) is 3.48. The van der Waals surface area contributed by atoms with Crippen LogP contribution in [0.1, 0.15) is 84.8 Å². The van der Waals surface area contributed by atoms with E-state index in [1.54, 1.807) is 23.1 Å². The highest BCUT2D eigenvalue weighted by Crippen LogP contribution is 2.38. The first-order chi connectivity index (χ1) is 19.5. The van der Waals surface area contributed by atoms with E-state index in [9.17, 15) is 19.5 Å². The number of hydrogen-bond donors (Lipinski definition) is 1. The van der Waals surface area contributed by atoms with E-state index in [-0.39, 0.29) is 42.6 Å². The minimum Gasteiger partial charge on any atom is -0.508 e. The summed E-state index contributed by atoms with van der Waals surface area (Å²) < 4.78 is 12.5. The molecule has 9 heteroatoms. The van der Waals surface area contributed by atoms with Crippen LogP contribution in [0.15, 0.2) is 18.2 Å². The van der Waals surface area contributed by atoms with Gasteiger partial charge in [0.05, 0.1) is 36.0 Å². The topological polar surface area (TPSA) is 119 Å². The van der Waals surface area contributed by atoms with Gasteiger partial charge in [0, 0.05) is 12.0 Å². The van der Waals surface area contributed by atoms with Crippen molar-refractivity contribution in [3.63, 3.8) is 0 Å². The van der Waals surface area contributed by atoms with Crippen molar-refractivity contribution in [3.05, 3.63) is 23.9 Å². The molecule has 1 aromatic carbocycles. The van der Waals surface area contributed by atoms with Crippen LogP contribution in [0.25, 0.3) is 11.0 Å². The summed E-state index contributed by atoms with van der Waals surface area (Å²) in [6.45, 7) is 7.95. The highest BCUT2D eigenvalue weighted by Gasteiger charge is 2.47. The third kappa shape index (κ3) is 6.33. The molecule has 1 amide bonds. The van der Waals surface area contributed by atoms with E-state index in [0.717, 1.165) is 56.9 Å². The van der Waals surface area contributed by atoms with Crippen LogP contribution in [0.3, 0.4) is 0 Å². The molecule has 1 saturated carbocycles. The minimum absolute atomic E-state index is 0.0165. The summed E-state index contributed by atoms with van der Waals surface area (Å²) in [6, 6.07) is 4.22. The summed E-state index contributed by atoms with van der Waals surface area (Å²) in [5.74, 6) is -0.682. The van der Waals surface area contributed by atoms with E-state index in [4.69, 9.17) is 19.4 Å². The number of carbonyl (C=O) groups excluding carboxylic acids is 3. The van der Waals surface area contributed by atoms with Crippen molar-refractivity contribution in [3.8, 4) is 11.6 Å². The first-order valence-electron chi connectivity index (χ1n) is 15.2. The van der Waals surface area contributed by atoms with Crippen molar-refractivity contribution >= 4 is 29.2 Å². The van der Waals surface area contributed by atoms with Crippen LogP contribution in [0, 0.1) is 23.2 Å². The Bertz CT molecular complexity index is 1290. The van der Waals surface area contributed by atoms with E-state index >= 15 is 0 Å². The van der Waals surface area contributed by atoms with Crippen LogP contribution in [0.4, 0.5) is 0 Å². The largest absolute Gasteiger partial charge is 0.508 e. The van der Waals surface area contributed by atoms with Crippen LogP contribution in [-0.2, 0) is 25.5 Å². The number of phenols is 1. The molecule has 0 spiro atoms. The number of aromatic nitrogens is 2. The van der Waals surface area contributed by atoms with E-state index in [1.165, 1.54) is 0 Å². The molecule has 1 N–H and O–H groups in total. The van der Waals surface area contributed by atoms with Gasteiger partial charge in [-0.05, 0) is 62.0 Å². The number of phenolic OH excluding ortho intramolecular Hbond substituents is 1. The van der Waals surface area contributed by atoms with Crippen molar-refractivity contribution in [2.45, 2.75) is 104 Å². The average molecular weight is 566 g/mol. The molecule has 2 bridgehead atoms. The quantitative estimate of drug-likeness (QED) is 0.379. The van der Waals surface area contributed by atoms with Gasteiger partial charge in [0.2, 0.25) is 11.8 Å². The number of benzene rings is 1. The maximum atomic E-state index is 14.0. The molecule has 2 aliphatic heterocycles. The van der Waals surface area contributed by atoms with Crippen molar-refractivity contribution in [2.24, 2.45) is 23.2 Å². The lowest BCUT2D eigenvalue weighted by Crippen LogP contribution is -2.46. The van der Waals surface area contributed by atoms with Gasteiger partial charge in [-0.1, -0.05) is 40.5 Å². The molecule has 3 heterocycles. The number of nitrogens with zero attached hydrogens (tertiary/aromatic N) is 3. The number of aldehydes is 1. The van der Waals surface area contributed by atoms with Crippen molar-refractivity contribution in [2.75, 3.05) is 6.54 Å². The molecule has 1 saturated heterocycles. The Kier molecular flexibility index (Phi) is 8.52. The zero-order valence-corrected chi connectivity index (χ0v) is 24.7. The van der Waals surface area contributed by atoms with Crippen LogP contribution < -0.4 is 4.74 Å². The zero-order chi connectivity index (χ0) is 29.3. The standard InChI is InChI=1S/C32H43N3O6/c1-19-26(18-36)35-17-28(19)41-30-24(33-23-14-13-21(37)15-25(23)34-30)11-7-5-6-9-20-10-8-12-27(20)40-29(38)16-22(31(35)39)32(2,3)4/h13-15,18-20,22,26-28,37H,5-12,16-17H2,1-4H3/t19-,20+,22+,26+,27+,28-/m0/s1. The summed E-state index contributed by atoms with van der Waals surface area (Å²) >= 11 is 0. The third-order valence-corrected chi connectivity index (χ3v) is 9.31. The van der Waals surface area contributed by atoms with Crippen molar-refractivity contribution in [1.82, 2.24) is 14.9 Å². The zero-order valence-electron chi connectivity index (χ0n) is 24.7.